The summed E-state index contributed by atoms with van der Waals surface area (Å²) in [5.74, 6) is -0.484. The molecule has 0 bridgehead atoms. The quantitative estimate of drug-likeness (QED) is 0.641. The van der Waals surface area contributed by atoms with Gasteiger partial charge >= 0.3 is 12.2 Å². The van der Waals surface area contributed by atoms with Gasteiger partial charge in [0.1, 0.15) is 6.61 Å². The molecule has 0 aromatic heterocycles. The van der Waals surface area contributed by atoms with Crippen molar-refractivity contribution in [1.29, 1.82) is 0 Å². The monoisotopic (exact) mass is 453 g/mol. The van der Waals surface area contributed by atoms with Crippen LogP contribution in [0.5, 0.6) is 0 Å². The lowest BCUT2D eigenvalue weighted by atomic mass is 9.84. The molecule has 0 spiro atoms. The lowest BCUT2D eigenvalue weighted by Crippen LogP contribution is -2.54. The summed E-state index contributed by atoms with van der Waals surface area (Å²) in [6.45, 7) is 1.35. The van der Waals surface area contributed by atoms with Crippen molar-refractivity contribution in [2.45, 2.75) is 25.0 Å². The Morgan fingerprint density at radius 1 is 0.970 bits per heavy atom. The molecule has 2 fully saturated rings. The number of ether oxygens (including phenoxy) is 1. The number of carbonyl (C=O) groups is 3. The van der Waals surface area contributed by atoms with Crippen molar-refractivity contribution < 1.29 is 29.3 Å². The maximum atomic E-state index is 12.5. The Bertz CT molecular complexity index is 997. The van der Waals surface area contributed by atoms with Gasteiger partial charge in [-0.05, 0) is 36.1 Å². The van der Waals surface area contributed by atoms with Gasteiger partial charge in [-0.25, -0.2) is 9.59 Å². The molecule has 0 saturated carbocycles. The highest BCUT2D eigenvalue weighted by atomic mass is 16.6. The summed E-state index contributed by atoms with van der Waals surface area (Å²) >= 11 is 0. The van der Waals surface area contributed by atoms with E-state index in [1.165, 1.54) is 9.80 Å². The first-order chi connectivity index (χ1) is 15.8. The van der Waals surface area contributed by atoms with Crippen molar-refractivity contribution in [2.24, 2.45) is 5.92 Å². The van der Waals surface area contributed by atoms with Gasteiger partial charge < -0.3 is 30.1 Å². The van der Waals surface area contributed by atoms with Crippen LogP contribution >= 0.6 is 0 Å². The van der Waals surface area contributed by atoms with Crippen LogP contribution in [-0.2, 0) is 21.7 Å². The number of anilines is 1. The number of carboxylic acid groups (broad SMARTS) is 1. The summed E-state index contributed by atoms with van der Waals surface area (Å²) in [5.41, 5.74) is 1.12. The molecule has 2 saturated heterocycles. The molecule has 2 aromatic carbocycles. The lowest BCUT2D eigenvalue weighted by Gasteiger charge is -2.37. The Labute approximate surface area is 191 Å². The third kappa shape index (κ3) is 5.25. The lowest BCUT2D eigenvalue weighted by molar-refractivity contribution is -0.124. The van der Waals surface area contributed by atoms with E-state index in [2.05, 4.69) is 5.32 Å². The van der Waals surface area contributed by atoms with E-state index in [4.69, 9.17) is 9.84 Å². The molecule has 2 aliphatic rings. The zero-order valence-electron chi connectivity index (χ0n) is 18.1. The molecule has 3 amide bonds. The van der Waals surface area contributed by atoms with E-state index in [9.17, 15) is 19.5 Å². The van der Waals surface area contributed by atoms with Crippen LogP contribution in [0.2, 0.25) is 0 Å². The molecule has 9 nitrogen and oxygen atoms in total. The summed E-state index contributed by atoms with van der Waals surface area (Å²) < 4.78 is 5.27. The predicted molar refractivity (Wildman–Crippen MR) is 119 cm³/mol. The summed E-state index contributed by atoms with van der Waals surface area (Å²) in [6, 6.07) is 16.3. The van der Waals surface area contributed by atoms with Crippen molar-refractivity contribution in [2.75, 3.05) is 31.5 Å². The fourth-order valence-corrected chi connectivity index (χ4v) is 4.07. The zero-order chi connectivity index (χ0) is 23.4. The Morgan fingerprint density at radius 3 is 2.21 bits per heavy atom. The van der Waals surface area contributed by atoms with Gasteiger partial charge in [0.25, 0.3) is 0 Å². The van der Waals surface area contributed by atoms with Crippen molar-refractivity contribution in [3.8, 4) is 0 Å². The highest BCUT2D eigenvalue weighted by molar-refractivity contribution is 5.94. The third-order valence-corrected chi connectivity index (χ3v) is 6.27. The van der Waals surface area contributed by atoms with Gasteiger partial charge in [0.05, 0.1) is 11.5 Å². The molecule has 4 rings (SSSR count). The molecule has 0 unspecified atom stereocenters. The highest BCUT2D eigenvalue weighted by Crippen LogP contribution is 2.33. The molecular formula is C24H27N3O6. The second-order valence-electron chi connectivity index (χ2n) is 8.51. The number of piperidine rings is 1. The number of likely N-dealkylation sites (tertiary alicyclic amines) is 2. The van der Waals surface area contributed by atoms with Crippen LogP contribution in [0.1, 0.15) is 24.0 Å². The van der Waals surface area contributed by atoms with Gasteiger partial charge in [-0.3, -0.25) is 4.79 Å². The molecule has 0 radical (unpaired) electrons. The average Bonchev–Trinajstić information content (AvgIpc) is 2.78. The number of aliphatic hydroxyl groups is 1. The molecule has 174 valence electrons. The summed E-state index contributed by atoms with van der Waals surface area (Å²) in [5, 5.41) is 22.8. The molecule has 33 heavy (non-hydrogen) atoms. The molecule has 0 aliphatic carbocycles. The van der Waals surface area contributed by atoms with Gasteiger partial charge in [0.2, 0.25) is 5.91 Å². The predicted octanol–water partition coefficient (Wildman–Crippen LogP) is 2.86. The normalized spacial score (nSPS) is 17.7. The van der Waals surface area contributed by atoms with Crippen LogP contribution in [-0.4, -0.2) is 64.3 Å². The fraction of sp³-hybridized carbons (Fsp3) is 0.375. The fourth-order valence-electron chi connectivity index (χ4n) is 4.07. The Hall–Kier alpha value is -3.59. The minimum Gasteiger partial charge on any atom is -0.465 e. The number of hydrogen-bond donors (Lipinski definition) is 3. The van der Waals surface area contributed by atoms with E-state index in [-0.39, 0.29) is 31.5 Å². The van der Waals surface area contributed by atoms with Crippen molar-refractivity contribution in [3.05, 3.63) is 65.7 Å². The largest absolute Gasteiger partial charge is 0.465 e. The summed E-state index contributed by atoms with van der Waals surface area (Å²) in [4.78, 5) is 38.5. The Kier molecular flexibility index (Phi) is 6.50. The van der Waals surface area contributed by atoms with Crippen LogP contribution in [0.4, 0.5) is 15.3 Å². The average molecular weight is 453 g/mol. The topological polar surface area (TPSA) is 119 Å². The van der Waals surface area contributed by atoms with Gasteiger partial charge in [-0.15, -0.1) is 0 Å². The molecule has 2 aliphatic heterocycles. The summed E-state index contributed by atoms with van der Waals surface area (Å²) in [7, 11) is 0. The summed E-state index contributed by atoms with van der Waals surface area (Å²) in [6.07, 6.45) is -0.768. The minimum atomic E-state index is -1.08. The maximum Gasteiger partial charge on any atom is 0.410 e. The van der Waals surface area contributed by atoms with Crippen LogP contribution in [0.25, 0.3) is 0 Å². The van der Waals surface area contributed by atoms with Crippen LogP contribution < -0.4 is 5.32 Å². The Morgan fingerprint density at radius 2 is 1.61 bits per heavy atom. The number of benzene rings is 2. The van der Waals surface area contributed by atoms with E-state index in [1.807, 2.05) is 30.3 Å². The van der Waals surface area contributed by atoms with Crippen molar-refractivity contribution in [3.63, 3.8) is 0 Å². The van der Waals surface area contributed by atoms with Gasteiger partial charge in [0, 0.05) is 31.9 Å². The van der Waals surface area contributed by atoms with Crippen LogP contribution in [0.15, 0.2) is 54.6 Å². The standard InChI is InChI=1S/C24H27N3O6/c28-21(18-14-27(15-18)23(31)33-16-17-4-2-1-3-5-17)25-20-8-6-19(7-9-20)24(32)10-12-26(13-11-24)22(29)30/h1-9,18,32H,10-16H2,(H,25,28)(H,29,30). The van der Waals surface area contributed by atoms with Gasteiger partial charge in [-0.2, -0.15) is 0 Å². The SMILES string of the molecule is O=C(Nc1ccc(C2(O)CCN(C(=O)O)CC2)cc1)C1CN(C(=O)OCc2ccccc2)C1. The highest BCUT2D eigenvalue weighted by Gasteiger charge is 2.37. The first-order valence-electron chi connectivity index (χ1n) is 10.9. The Balaban J connectivity index is 1.23. The first-order valence-corrected chi connectivity index (χ1v) is 10.9. The molecule has 3 N–H and O–H groups in total. The number of nitrogens with one attached hydrogen (secondary N) is 1. The minimum absolute atomic E-state index is 0.177. The van der Waals surface area contributed by atoms with E-state index in [0.717, 1.165) is 5.56 Å². The number of rotatable bonds is 5. The number of nitrogens with zero attached hydrogens (tertiary/aromatic N) is 2. The van der Waals surface area contributed by atoms with E-state index >= 15 is 0 Å². The van der Waals surface area contributed by atoms with Gasteiger partial charge in [0.15, 0.2) is 0 Å². The molecule has 0 atom stereocenters. The first kappa shape index (κ1) is 22.6. The second-order valence-corrected chi connectivity index (χ2v) is 8.51. The van der Waals surface area contributed by atoms with Crippen molar-refractivity contribution >= 4 is 23.8 Å². The van der Waals surface area contributed by atoms with E-state index < -0.39 is 17.8 Å². The molecular weight excluding hydrogens is 426 g/mol. The van der Waals surface area contributed by atoms with Crippen LogP contribution in [0, 0.1) is 5.92 Å². The number of carbonyl (C=O) groups excluding carboxylic acids is 2. The molecule has 9 heteroatoms. The van der Waals surface area contributed by atoms with E-state index in [0.29, 0.717) is 37.2 Å². The maximum absolute atomic E-state index is 12.5. The molecule has 2 aromatic rings. The van der Waals surface area contributed by atoms with E-state index in [1.54, 1.807) is 24.3 Å². The third-order valence-electron chi connectivity index (χ3n) is 6.27. The number of hydrogen-bond acceptors (Lipinski definition) is 5. The number of amides is 3. The van der Waals surface area contributed by atoms with Gasteiger partial charge in [-0.1, -0.05) is 42.5 Å². The van der Waals surface area contributed by atoms with Crippen LogP contribution in [0.3, 0.4) is 0 Å². The second kappa shape index (κ2) is 9.50. The zero-order valence-corrected chi connectivity index (χ0v) is 18.1. The smallest absolute Gasteiger partial charge is 0.410 e. The van der Waals surface area contributed by atoms with Crippen molar-refractivity contribution in [1.82, 2.24) is 9.80 Å². The molecule has 2 heterocycles.